The average molecular weight is 1210 g/mol. The van der Waals surface area contributed by atoms with Gasteiger partial charge in [-0.25, -0.2) is 0 Å². The van der Waals surface area contributed by atoms with Gasteiger partial charge >= 0.3 is 0 Å². The predicted molar refractivity (Wildman–Crippen MR) is 395 cm³/mol. The van der Waals surface area contributed by atoms with Gasteiger partial charge in [0, 0.05) is 106 Å². The van der Waals surface area contributed by atoms with E-state index in [2.05, 4.69) is 292 Å². The topological polar surface area (TPSA) is 48.8 Å². The molecule has 0 amide bonds. The Kier molecular flexibility index (Phi) is 18.5. The third-order valence-corrected chi connectivity index (χ3v) is 18.2. The van der Waals surface area contributed by atoms with E-state index in [4.69, 9.17) is 4.42 Å². The van der Waals surface area contributed by atoms with Crippen molar-refractivity contribution in [2.45, 2.75) is 60.8 Å². The maximum absolute atomic E-state index is 5.71. The molecule has 11 aromatic carbocycles. The van der Waals surface area contributed by atoms with Gasteiger partial charge < -0.3 is 13.6 Å². The van der Waals surface area contributed by atoms with Gasteiger partial charge in [-0.15, -0.1) is 11.3 Å². The molecule has 17 aromatic rings. The molecule has 0 unspecified atom stereocenters. The Balaban J connectivity index is 0.000000106. The Morgan fingerprint density at radius 2 is 0.859 bits per heavy atom. The second kappa shape index (κ2) is 27.6. The molecule has 0 N–H and O–H groups in total. The van der Waals surface area contributed by atoms with E-state index in [1.807, 2.05) is 86.0 Å². The van der Waals surface area contributed by atoms with Crippen LogP contribution in [0.1, 0.15) is 58.5 Å². The summed E-state index contributed by atoms with van der Waals surface area (Å²) in [6.45, 7) is 17.2. The fraction of sp³-hybridized carbons (Fsp3) is 0.116. The fourth-order valence-corrected chi connectivity index (χ4v) is 13.6. The van der Waals surface area contributed by atoms with Crippen molar-refractivity contribution in [3.8, 4) is 16.8 Å². The SMILES string of the molecule is Cc1ccc2c(c1)-c1ccccc1C2(C)C.Cc1ccc2c(c1)c1ccccc1n2-c1ccccc1.Cc1ccc2oc3ccccc3c2c1.Cc1ccc2sc3ccccc3c2c1.Cc1ccccn1.Cc1cccnc1.Cn1c2ccccc2c2ccccc21. The first kappa shape index (κ1) is 61.6. The summed E-state index contributed by atoms with van der Waals surface area (Å²) in [5.74, 6) is 0. The van der Waals surface area contributed by atoms with Crippen molar-refractivity contribution in [1.29, 1.82) is 0 Å². The number of benzene rings is 11. The number of hydrogen-bond donors (Lipinski definition) is 0. The Morgan fingerprint density at radius 3 is 1.51 bits per heavy atom. The van der Waals surface area contributed by atoms with Crippen LogP contribution in [0.3, 0.4) is 0 Å². The highest BCUT2D eigenvalue weighted by Crippen LogP contribution is 2.48. The Hall–Kier alpha value is -10.7. The highest BCUT2D eigenvalue weighted by Gasteiger charge is 2.34. The van der Waals surface area contributed by atoms with Crippen molar-refractivity contribution < 1.29 is 4.42 Å². The van der Waals surface area contributed by atoms with Crippen molar-refractivity contribution in [1.82, 2.24) is 19.1 Å². The summed E-state index contributed by atoms with van der Waals surface area (Å²) in [7, 11) is 2.12. The van der Waals surface area contributed by atoms with Crippen LogP contribution in [0.2, 0.25) is 0 Å². The van der Waals surface area contributed by atoms with Crippen molar-refractivity contribution in [2.75, 3.05) is 0 Å². The monoisotopic (exact) mass is 1210 g/mol. The number of aryl methyl sites for hydroxylation is 7. The molecule has 0 fully saturated rings. The van der Waals surface area contributed by atoms with Crippen LogP contribution < -0.4 is 0 Å². The van der Waals surface area contributed by atoms with Gasteiger partial charge in [0.1, 0.15) is 11.2 Å². The summed E-state index contributed by atoms with van der Waals surface area (Å²) < 4.78 is 13.1. The number of para-hydroxylation sites is 5. The standard InChI is InChI=1S/C19H15N.C16H16.C13H11N.C13H10O.C13H10S.2C6H7N/c1-14-11-12-19-17(13-14)16-9-5-6-10-18(16)20(19)15-7-3-2-4-8-15;1-11-8-9-15-13(10-11)12-6-4-5-7-14(12)16(15,2)3;1-14-12-8-4-2-6-10(12)11-7-3-5-9-13(11)14;2*1-9-6-7-13-11(8-9)10-4-2-3-5-12(10)14-13;1-6-3-2-4-7-5-6;1-6-4-2-3-5-7-6/h2-13H,1H3;4-10H,1-3H3;2-9H,1H3;2*2-8H,1H3;2*2-5H,1H3. The maximum Gasteiger partial charge on any atom is 0.135 e. The smallest absolute Gasteiger partial charge is 0.135 e. The van der Waals surface area contributed by atoms with Crippen LogP contribution in [0.4, 0.5) is 0 Å². The molecule has 6 heterocycles. The van der Waals surface area contributed by atoms with E-state index in [1.54, 1.807) is 12.4 Å². The highest BCUT2D eigenvalue weighted by molar-refractivity contribution is 7.25. The number of nitrogens with zero attached hydrogens (tertiary/aromatic N) is 4. The van der Waals surface area contributed by atoms with Gasteiger partial charge in [-0.3, -0.25) is 9.97 Å². The van der Waals surface area contributed by atoms with Crippen LogP contribution >= 0.6 is 11.3 Å². The second-order valence-corrected chi connectivity index (χ2v) is 25.3. The highest BCUT2D eigenvalue weighted by atomic mass is 32.1. The van der Waals surface area contributed by atoms with Crippen molar-refractivity contribution in [3.05, 3.63) is 342 Å². The molecule has 1 aliphatic carbocycles. The van der Waals surface area contributed by atoms with Crippen LogP contribution in [-0.2, 0) is 12.5 Å². The zero-order valence-electron chi connectivity index (χ0n) is 53.9. The van der Waals surface area contributed by atoms with Gasteiger partial charge in [-0.05, 0) is 166 Å². The minimum absolute atomic E-state index is 0.152. The second-order valence-electron chi connectivity index (χ2n) is 24.2. The van der Waals surface area contributed by atoms with Crippen molar-refractivity contribution in [3.63, 3.8) is 0 Å². The quantitative estimate of drug-likeness (QED) is 0.165. The molecule has 1 aliphatic rings. The summed E-state index contributed by atoms with van der Waals surface area (Å²) in [5, 5.41) is 10.5. The molecule has 0 saturated carbocycles. The van der Waals surface area contributed by atoms with E-state index < -0.39 is 0 Å². The Morgan fingerprint density at radius 1 is 0.348 bits per heavy atom. The fourth-order valence-electron chi connectivity index (χ4n) is 12.5. The molecular formula is C86H76N4OS. The van der Waals surface area contributed by atoms with Crippen LogP contribution in [0.5, 0.6) is 0 Å². The van der Waals surface area contributed by atoms with E-state index in [9.17, 15) is 0 Å². The van der Waals surface area contributed by atoms with Crippen molar-refractivity contribution >= 4 is 97.1 Å². The minimum atomic E-state index is 0.152. The van der Waals surface area contributed by atoms with Gasteiger partial charge in [0.25, 0.3) is 0 Å². The predicted octanol–water partition coefficient (Wildman–Crippen LogP) is 23.8. The first-order chi connectivity index (χ1) is 44.8. The molecule has 5 nitrogen and oxygen atoms in total. The van der Waals surface area contributed by atoms with Gasteiger partial charge in [0.2, 0.25) is 0 Å². The number of aromatic nitrogens is 4. The lowest BCUT2D eigenvalue weighted by molar-refractivity contribution is 0.660. The number of furan rings is 1. The van der Waals surface area contributed by atoms with Gasteiger partial charge in [0.05, 0.1) is 11.0 Å². The molecule has 6 aromatic heterocycles. The summed E-state index contributed by atoms with van der Waals surface area (Å²) in [6.07, 6.45) is 5.39. The van der Waals surface area contributed by atoms with Gasteiger partial charge in [-0.2, -0.15) is 0 Å². The average Bonchev–Trinajstić information content (AvgIpc) is 1.63. The first-order valence-electron chi connectivity index (χ1n) is 31.5. The number of hydrogen-bond acceptors (Lipinski definition) is 4. The van der Waals surface area contributed by atoms with Crippen LogP contribution in [0, 0.1) is 41.5 Å². The molecular weight excluding hydrogens is 1140 g/mol. The Labute approximate surface area is 544 Å². The lowest BCUT2D eigenvalue weighted by Gasteiger charge is -2.21. The number of pyridine rings is 2. The van der Waals surface area contributed by atoms with Crippen LogP contribution in [0.25, 0.3) is 103 Å². The van der Waals surface area contributed by atoms with E-state index in [0.29, 0.717) is 0 Å². The van der Waals surface area contributed by atoms with E-state index in [1.165, 1.54) is 130 Å². The largest absolute Gasteiger partial charge is 0.456 e. The first-order valence-corrected chi connectivity index (χ1v) is 32.3. The summed E-state index contributed by atoms with van der Waals surface area (Å²) in [4.78, 5) is 7.86. The zero-order chi connectivity index (χ0) is 63.7. The molecule has 6 heteroatoms. The van der Waals surface area contributed by atoms with E-state index in [0.717, 1.165) is 16.9 Å². The molecule has 0 atom stereocenters. The molecule has 0 radical (unpaired) electrons. The number of thiophene rings is 1. The lowest BCUT2D eigenvalue weighted by Crippen LogP contribution is -2.14. The van der Waals surface area contributed by atoms with Gasteiger partial charge in [0.15, 0.2) is 0 Å². The summed E-state index contributed by atoms with van der Waals surface area (Å²) >= 11 is 1.87. The van der Waals surface area contributed by atoms with E-state index >= 15 is 0 Å². The third-order valence-electron chi connectivity index (χ3n) is 17.1. The number of rotatable bonds is 1. The molecule has 92 heavy (non-hydrogen) atoms. The normalized spacial score (nSPS) is 11.6. The van der Waals surface area contributed by atoms with Gasteiger partial charge in [-0.1, -0.05) is 218 Å². The molecule has 0 aliphatic heterocycles. The molecule has 0 saturated heterocycles. The van der Waals surface area contributed by atoms with Crippen LogP contribution in [0.15, 0.2) is 302 Å². The lowest BCUT2D eigenvalue weighted by atomic mass is 9.82. The molecule has 452 valence electrons. The molecule has 0 bridgehead atoms. The number of fused-ring (bicyclic) bond motifs is 15. The maximum atomic E-state index is 5.71. The molecule has 0 spiro atoms. The third kappa shape index (κ3) is 13.3. The zero-order valence-corrected chi connectivity index (χ0v) is 54.7. The summed E-state index contributed by atoms with van der Waals surface area (Å²) in [5.41, 5.74) is 21.7. The van der Waals surface area contributed by atoms with Crippen LogP contribution in [-0.4, -0.2) is 19.1 Å². The summed E-state index contributed by atoms with van der Waals surface area (Å²) in [6, 6.07) is 97.9. The Bertz CT molecular complexity index is 5140. The molecule has 18 rings (SSSR count). The minimum Gasteiger partial charge on any atom is -0.456 e. The van der Waals surface area contributed by atoms with E-state index in [-0.39, 0.29) is 5.41 Å². The van der Waals surface area contributed by atoms with Crippen molar-refractivity contribution in [2.24, 2.45) is 7.05 Å².